The Bertz CT molecular complexity index is 1020. The van der Waals surface area contributed by atoms with Gasteiger partial charge in [-0.15, -0.1) is 10.2 Å². The first-order valence-electron chi connectivity index (χ1n) is 8.53. The van der Waals surface area contributed by atoms with Crippen molar-refractivity contribution in [2.24, 2.45) is 7.05 Å². The molecule has 0 spiro atoms. The van der Waals surface area contributed by atoms with Gasteiger partial charge in [-0.2, -0.15) is 0 Å². The molecule has 4 rings (SSSR count). The van der Waals surface area contributed by atoms with Crippen LogP contribution in [0.2, 0.25) is 5.02 Å². The Kier molecular flexibility index (Phi) is 5.27. The third kappa shape index (κ3) is 4.07. The molecule has 0 radical (unpaired) electrons. The second kappa shape index (κ2) is 7.98. The van der Waals surface area contributed by atoms with E-state index in [1.165, 1.54) is 5.56 Å². The lowest BCUT2D eigenvalue weighted by molar-refractivity contribution is 0.713. The summed E-state index contributed by atoms with van der Waals surface area (Å²) in [5, 5.41) is 10.5. The van der Waals surface area contributed by atoms with Gasteiger partial charge >= 0.3 is 0 Å². The lowest BCUT2D eigenvalue weighted by atomic mass is 10.2. The molecule has 0 aliphatic heterocycles. The highest BCUT2D eigenvalue weighted by Crippen LogP contribution is 2.27. The van der Waals surface area contributed by atoms with Gasteiger partial charge in [0.2, 0.25) is 0 Å². The summed E-state index contributed by atoms with van der Waals surface area (Å²) < 4.78 is 4.16. The van der Waals surface area contributed by atoms with Crippen LogP contribution in [0.3, 0.4) is 0 Å². The molecule has 5 nitrogen and oxygen atoms in total. The van der Waals surface area contributed by atoms with Gasteiger partial charge in [-0.05, 0) is 29.8 Å². The van der Waals surface area contributed by atoms with Gasteiger partial charge in [0.25, 0.3) is 0 Å². The number of aromatic nitrogens is 5. The number of halogens is 1. The van der Waals surface area contributed by atoms with E-state index in [1.807, 2.05) is 66.5 Å². The molecule has 2 heterocycles. The van der Waals surface area contributed by atoms with Gasteiger partial charge in [0, 0.05) is 30.0 Å². The topological polar surface area (TPSA) is 48.5 Å². The zero-order valence-corrected chi connectivity index (χ0v) is 16.4. The third-order valence-electron chi connectivity index (χ3n) is 4.25. The van der Waals surface area contributed by atoms with Crippen LogP contribution in [-0.2, 0) is 19.3 Å². The van der Waals surface area contributed by atoms with Crippen LogP contribution >= 0.6 is 23.4 Å². The fourth-order valence-corrected chi connectivity index (χ4v) is 3.85. The van der Waals surface area contributed by atoms with Crippen LogP contribution in [0.25, 0.3) is 11.4 Å². The Morgan fingerprint density at radius 3 is 2.48 bits per heavy atom. The van der Waals surface area contributed by atoms with E-state index >= 15 is 0 Å². The monoisotopic (exact) mass is 395 g/mol. The van der Waals surface area contributed by atoms with Crippen LogP contribution < -0.4 is 0 Å². The quantitative estimate of drug-likeness (QED) is 0.445. The van der Waals surface area contributed by atoms with Crippen molar-refractivity contribution in [2.75, 3.05) is 0 Å². The summed E-state index contributed by atoms with van der Waals surface area (Å²) in [7, 11) is 2.00. The van der Waals surface area contributed by atoms with Crippen LogP contribution in [0.15, 0.2) is 72.1 Å². The van der Waals surface area contributed by atoms with Crippen molar-refractivity contribution >= 4 is 23.4 Å². The van der Waals surface area contributed by atoms with Crippen molar-refractivity contribution < 1.29 is 0 Å². The van der Waals surface area contributed by atoms with Gasteiger partial charge in [0.05, 0.1) is 12.3 Å². The number of benzene rings is 2. The van der Waals surface area contributed by atoms with Gasteiger partial charge in [0.1, 0.15) is 5.82 Å². The lowest BCUT2D eigenvalue weighted by Crippen LogP contribution is -2.04. The minimum absolute atomic E-state index is 0.703. The highest BCUT2D eigenvalue weighted by atomic mass is 35.5. The van der Waals surface area contributed by atoms with E-state index < -0.39 is 0 Å². The first kappa shape index (κ1) is 17.8. The summed E-state index contributed by atoms with van der Waals surface area (Å²) in [5.41, 5.74) is 2.19. The van der Waals surface area contributed by atoms with Crippen LogP contribution in [-0.4, -0.2) is 24.3 Å². The van der Waals surface area contributed by atoms with Gasteiger partial charge < -0.3 is 4.57 Å². The average molecular weight is 396 g/mol. The van der Waals surface area contributed by atoms with Gasteiger partial charge in [-0.3, -0.25) is 4.57 Å². The number of hydrogen-bond donors (Lipinski definition) is 0. The lowest BCUT2D eigenvalue weighted by Gasteiger charge is -2.10. The highest BCUT2D eigenvalue weighted by Gasteiger charge is 2.15. The number of thioether (sulfide) groups is 1. The second-order valence-electron chi connectivity index (χ2n) is 6.13. The van der Waals surface area contributed by atoms with Crippen molar-refractivity contribution in [1.29, 1.82) is 0 Å². The van der Waals surface area contributed by atoms with Crippen LogP contribution in [0.4, 0.5) is 0 Å². The molecule has 0 saturated carbocycles. The normalized spacial score (nSPS) is 11.0. The highest BCUT2D eigenvalue weighted by molar-refractivity contribution is 7.98. The van der Waals surface area contributed by atoms with E-state index in [2.05, 4.69) is 31.9 Å². The standard InChI is InChI=1S/C20H18ClN5S/c1-25-12-11-22-18(25)14-27-20-24-23-19(16-7-9-17(21)10-8-16)26(20)13-15-5-3-2-4-6-15/h2-12H,13-14H2,1H3. The van der Waals surface area contributed by atoms with Gasteiger partial charge in [0.15, 0.2) is 11.0 Å². The summed E-state index contributed by atoms with van der Waals surface area (Å²) in [4.78, 5) is 4.39. The summed E-state index contributed by atoms with van der Waals surface area (Å²) in [6.45, 7) is 0.703. The molecule has 0 atom stereocenters. The summed E-state index contributed by atoms with van der Waals surface area (Å²) in [6, 6.07) is 18.0. The Hall–Kier alpha value is -2.57. The SMILES string of the molecule is Cn1ccnc1CSc1nnc(-c2ccc(Cl)cc2)n1Cc1ccccc1. The summed E-state index contributed by atoms with van der Waals surface area (Å²) in [5.74, 6) is 2.57. The van der Waals surface area contributed by atoms with E-state index in [-0.39, 0.29) is 0 Å². The molecule has 0 saturated heterocycles. The number of rotatable bonds is 6. The molecule has 0 N–H and O–H groups in total. The molecule has 0 amide bonds. The molecular weight excluding hydrogens is 378 g/mol. The third-order valence-corrected chi connectivity index (χ3v) is 5.47. The molecule has 0 bridgehead atoms. The van der Waals surface area contributed by atoms with Gasteiger partial charge in [-0.1, -0.05) is 53.7 Å². The first-order valence-corrected chi connectivity index (χ1v) is 9.89. The molecule has 136 valence electrons. The van der Waals surface area contributed by atoms with Crippen molar-refractivity contribution in [3.63, 3.8) is 0 Å². The molecule has 4 aromatic rings. The van der Waals surface area contributed by atoms with Crippen molar-refractivity contribution in [2.45, 2.75) is 17.5 Å². The van der Waals surface area contributed by atoms with Crippen LogP contribution in [0, 0.1) is 0 Å². The largest absolute Gasteiger partial charge is 0.337 e. The molecule has 0 fully saturated rings. The number of nitrogens with zero attached hydrogens (tertiary/aromatic N) is 5. The summed E-state index contributed by atoms with van der Waals surface area (Å²) >= 11 is 7.68. The first-order chi connectivity index (χ1) is 13.2. The molecule has 2 aromatic heterocycles. The van der Waals surface area contributed by atoms with Crippen molar-refractivity contribution in [1.82, 2.24) is 24.3 Å². The summed E-state index contributed by atoms with van der Waals surface area (Å²) in [6.07, 6.45) is 3.76. The van der Waals surface area contributed by atoms with E-state index in [4.69, 9.17) is 11.6 Å². The van der Waals surface area contributed by atoms with Crippen molar-refractivity contribution in [3.8, 4) is 11.4 Å². The second-order valence-corrected chi connectivity index (χ2v) is 7.51. The van der Waals surface area contributed by atoms with Crippen LogP contribution in [0.1, 0.15) is 11.4 Å². The Morgan fingerprint density at radius 2 is 1.78 bits per heavy atom. The predicted octanol–water partition coefficient (Wildman–Crippen LogP) is 4.67. The Balaban J connectivity index is 1.67. The molecule has 27 heavy (non-hydrogen) atoms. The maximum Gasteiger partial charge on any atom is 0.192 e. The zero-order chi connectivity index (χ0) is 18.6. The molecule has 0 unspecified atom stereocenters. The van der Waals surface area contributed by atoms with Crippen LogP contribution in [0.5, 0.6) is 0 Å². The maximum atomic E-state index is 6.04. The molecule has 2 aromatic carbocycles. The van der Waals surface area contributed by atoms with E-state index in [9.17, 15) is 0 Å². The fraction of sp³-hybridized carbons (Fsp3) is 0.150. The number of aryl methyl sites for hydroxylation is 1. The number of imidazole rings is 1. The Morgan fingerprint density at radius 1 is 1.00 bits per heavy atom. The molecule has 0 aliphatic rings. The van der Waals surface area contributed by atoms with E-state index in [1.54, 1.807) is 11.8 Å². The average Bonchev–Trinajstić information content (AvgIpc) is 3.28. The minimum atomic E-state index is 0.703. The predicted molar refractivity (Wildman–Crippen MR) is 109 cm³/mol. The van der Waals surface area contributed by atoms with Gasteiger partial charge in [-0.25, -0.2) is 4.98 Å². The maximum absolute atomic E-state index is 6.04. The van der Waals surface area contributed by atoms with E-state index in [0.29, 0.717) is 11.6 Å². The molecule has 7 heteroatoms. The fourth-order valence-electron chi connectivity index (χ4n) is 2.78. The zero-order valence-electron chi connectivity index (χ0n) is 14.8. The van der Waals surface area contributed by atoms with Crippen molar-refractivity contribution in [3.05, 3.63) is 83.4 Å². The van der Waals surface area contributed by atoms with E-state index in [0.717, 1.165) is 28.1 Å². The smallest absolute Gasteiger partial charge is 0.192 e. The Labute approximate surface area is 167 Å². The number of hydrogen-bond acceptors (Lipinski definition) is 4. The minimum Gasteiger partial charge on any atom is -0.337 e. The molecule has 0 aliphatic carbocycles. The molecular formula is C20H18ClN5S.